The quantitative estimate of drug-likeness (QED) is 0.639. The van der Waals surface area contributed by atoms with Crippen molar-refractivity contribution < 1.29 is 22.7 Å². The molecular weight excluding hydrogens is 412 g/mol. The molecule has 2 aromatic rings. The van der Waals surface area contributed by atoms with Crippen molar-refractivity contribution in [1.29, 1.82) is 0 Å². The van der Waals surface area contributed by atoms with Crippen LogP contribution in [0.3, 0.4) is 0 Å². The number of fused-ring (bicyclic) bond motifs is 1. The molecule has 1 N–H and O–H groups in total. The van der Waals surface area contributed by atoms with E-state index in [1.165, 1.54) is 0 Å². The standard InChI is InChI=1S/C20H24N2O5S2/c1-3-28-19-8-6-5-7-16(19)21-20(23)14-22(29(24,25)4-2)15-9-10-17-18(13-15)27-12-11-26-17/h5-10,13H,3-4,11-12,14H2,1-2H3,(H,21,23). The number of ether oxygens (including phenoxy) is 2. The maximum atomic E-state index is 12.7. The number of para-hydroxylation sites is 1. The Morgan fingerprint density at radius 2 is 1.83 bits per heavy atom. The lowest BCUT2D eigenvalue weighted by Gasteiger charge is -2.25. The molecule has 0 spiro atoms. The summed E-state index contributed by atoms with van der Waals surface area (Å²) in [7, 11) is -3.68. The third kappa shape index (κ3) is 5.16. The molecule has 0 saturated carbocycles. The number of rotatable bonds is 8. The van der Waals surface area contributed by atoms with Gasteiger partial charge in [-0.05, 0) is 36.9 Å². The summed E-state index contributed by atoms with van der Waals surface area (Å²) in [4.78, 5) is 13.7. The Bertz CT molecular complexity index is 979. The van der Waals surface area contributed by atoms with Crippen LogP contribution >= 0.6 is 11.8 Å². The average Bonchev–Trinajstić information content (AvgIpc) is 2.73. The second-order valence-corrected chi connectivity index (χ2v) is 9.70. The molecule has 0 bridgehead atoms. The van der Waals surface area contributed by atoms with Crippen LogP contribution in [0.4, 0.5) is 11.4 Å². The van der Waals surface area contributed by atoms with Crippen molar-refractivity contribution in [3.05, 3.63) is 42.5 Å². The highest BCUT2D eigenvalue weighted by Crippen LogP contribution is 2.35. The second-order valence-electron chi connectivity index (χ2n) is 6.21. The molecule has 7 nitrogen and oxygen atoms in total. The molecular formula is C20H24N2O5S2. The largest absolute Gasteiger partial charge is 0.486 e. The van der Waals surface area contributed by atoms with Crippen molar-refractivity contribution in [3.63, 3.8) is 0 Å². The van der Waals surface area contributed by atoms with Gasteiger partial charge in [-0.1, -0.05) is 19.1 Å². The van der Waals surface area contributed by atoms with Gasteiger partial charge in [0.1, 0.15) is 19.8 Å². The van der Waals surface area contributed by atoms with Crippen molar-refractivity contribution in [2.45, 2.75) is 18.7 Å². The van der Waals surface area contributed by atoms with E-state index in [1.54, 1.807) is 43.0 Å². The minimum absolute atomic E-state index is 0.128. The number of nitrogens with zero attached hydrogens (tertiary/aromatic N) is 1. The molecule has 0 unspecified atom stereocenters. The van der Waals surface area contributed by atoms with Crippen molar-refractivity contribution >= 4 is 39.1 Å². The highest BCUT2D eigenvalue weighted by atomic mass is 32.2. The summed E-state index contributed by atoms with van der Waals surface area (Å²) in [5.74, 6) is 1.34. The number of sulfonamides is 1. The second kappa shape index (κ2) is 9.41. The molecule has 156 valence electrons. The van der Waals surface area contributed by atoms with Crippen molar-refractivity contribution in [2.24, 2.45) is 0 Å². The number of amides is 1. The zero-order valence-electron chi connectivity index (χ0n) is 16.4. The molecule has 0 atom stereocenters. The van der Waals surface area contributed by atoms with E-state index >= 15 is 0 Å². The third-order valence-electron chi connectivity index (χ3n) is 4.26. The van der Waals surface area contributed by atoms with Crippen LogP contribution in [0.5, 0.6) is 11.5 Å². The highest BCUT2D eigenvalue weighted by molar-refractivity contribution is 7.99. The Kier molecular flexibility index (Phi) is 6.92. The summed E-state index contributed by atoms with van der Waals surface area (Å²) in [6.07, 6.45) is 0. The predicted octanol–water partition coefficient (Wildman–Crippen LogP) is 3.36. The van der Waals surface area contributed by atoms with Gasteiger partial charge in [0, 0.05) is 11.0 Å². The summed E-state index contributed by atoms with van der Waals surface area (Å²) in [5.41, 5.74) is 1.03. The number of hydrogen-bond acceptors (Lipinski definition) is 6. The zero-order valence-corrected chi connectivity index (χ0v) is 18.0. The van der Waals surface area contributed by atoms with Gasteiger partial charge in [0.05, 0.1) is 17.1 Å². The van der Waals surface area contributed by atoms with E-state index in [4.69, 9.17) is 9.47 Å². The van der Waals surface area contributed by atoms with E-state index in [0.717, 1.165) is 15.0 Å². The summed E-state index contributed by atoms with van der Waals surface area (Å²) in [6.45, 7) is 4.08. The van der Waals surface area contributed by atoms with E-state index in [1.807, 2.05) is 25.1 Å². The molecule has 1 heterocycles. The molecule has 1 aliphatic heterocycles. The van der Waals surface area contributed by atoms with Crippen LogP contribution in [0, 0.1) is 0 Å². The molecule has 0 fully saturated rings. The van der Waals surface area contributed by atoms with E-state index < -0.39 is 15.9 Å². The maximum Gasteiger partial charge on any atom is 0.245 e. The fourth-order valence-electron chi connectivity index (χ4n) is 2.86. The minimum atomic E-state index is -3.68. The van der Waals surface area contributed by atoms with Gasteiger partial charge in [0.15, 0.2) is 11.5 Å². The number of carbonyl (C=O) groups excluding carboxylic acids is 1. The summed E-state index contributed by atoms with van der Waals surface area (Å²) in [5, 5.41) is 2.83. The number of nitrogens with one attached hydrogen (secondary N) is 1. The fraction of sp³-hybridized carbons (Fsp3) is 0.350. The van der Waals surface area contributed by atoms with E-state index in [-0.39, 0.29) is 12.3 Å². The lowest BCUT2D eigenvalue weighted by Crippen LogP contribution is -2.39. The van der Waals surface area contributed by atoms with Crippen molar-refractivity contribution in [3.8, 4) is 11.5 Å². The fourth-order valence-corrected chi connectivity index (χ4v) is 4.69. The first-order valence-corrected chi connectivity index (χ1v) is 12.0. The molecule has 0 aliphatic carbocycles. The van der Waals surface area contributed by atoms with Gasteiger partial charge in [-0.2, -0.15) is 0 Å². The topological polar surface area (TPSA) is 84.9 Å². The van der Waals surface area contributed by atoms with Gasteiger partial charge in [-0.15, -0.1) is 11.8 Å². The number of carbonyl (C=O) groups is 1. The molecule has 1 aliphatic rings. The first-order valence-electron chi connectivity index (χ1n) is 9.36. The monoisotopic (exact) mass is 436 g/mol. The lowest BCUT2D eigenvalue weighted by molar-refractivity contribution is -0.114. The van der Waals surface area contributed by atoms with Crippen LogP contribution in [0.25, 0.3) is 0 Å². The molecule has 2 aromatic carbocycles. The molecule has 0 radical (unpaired) electrons. The summed E-state index contributed by atoms with van der Waals surface area (Å²) < 4.78 is 37.5. The number of anilines is 2. The number of thioether (sulfide) groups is 1. The SMILES string of the molecule is CCSc1ccccc1NC(=O)CN(c1ccc2c(c1)OCCO2)S(=O)(=O)CC. The summed E-state index contributed by atoms with van der Waals surface area (Å²) in [6, 6.07) is 12.3. The minimum Gasteiger partial charge on any atom is -0.486 e. The van der Waals surface area contributed by atoms with Crippen LogP contribution in [-0.4, -0.2) is 45.6 Å². The van der Waals surface area contributed by atoms with E-state index in [2.05, 4.69) is 5.32 Å². The van der Waals surface area contributed by atoms with Crippen LogP contribution in [0.1, 0.15) is 13.8 Å². The number of benzene rings is 2. The van der Waals surface area contributed by atoms with Crippen molar-refractivity contribution in [2.75, 3.05) is 40.9 Å². The molecule has 0 saturated heterocycles. The first kappa shape index (κ1) is 21.3. The molecule has 1 amide bonds. The zero-order chi connectivity index (χ0) is 20.9. The van der Waals surface area contributed by atoms with Crippen LogP contribution in [0.15, 0.2) is 47.4 Å². The van der Waals surface area contributed by atoms with Gasteiger partial charge in [0.2, 0.25) is 15.9 Å². The van der Waals surface area contributed by atoms with Gasteiger partial charge in [-0.25, -0.2) is 8.42 Å². The van der Waals surface area contributed by atoms with E-state index in [0.29, 0.717) is 36.1 Å². The highest BCUT2D eigenvalue weighted by Gasteiger charge is 2.25. The van der Waals surface area contributed by atoms with Crippen LogP contribution in [-0.2, 0) is 14.8 Å². The van der Waals surface area contributed by atoms with Crippen molar-refractivity contribution in [1.82, 2.24) is 0 Å². The predicted molar refractivity (Wildman–Crippen MR) is 116 cm³/mol. The molecule has 9 heteroatoms. The molecule has 3 rings (SSSR count). The van der Waals surface area contributed by atoms with Crippen LogP contribution < -0.4 is 19.1 Å². The number of hydrogen-bond donors (Lipinski definition) is 1. The summed E-state index contributed by atoms with van der Waals surface area (Å²) >= 11 is 1.61. The van der Waals surface area contributed by atoms with Gasteiger partial charge in [0.25, 0.3) is 0 Å². The Morgan fingerprint density at radius 3 is 2.55 bits per heavy atom. The van der Waals surface area contributed by atoms with Crippen LogP contribution in [0.2, 0.25) is 0 Å². The van der Waals surface area contributed by atoms with Gasteiger partial charge >= 0.3 is 0 Å². The van der Waals surface area contributed by atoms with E-state index in [9.17, 15) is 13.2 Å². The van der Waals surface area contributed by atoms with Gasteiger partial charge in [-0.3, -0.25) is 9.10 Å². The van der Waals surface area contributed by atoms with Gasteiger partial charge < -0.3 is 14.8 Å². The maximum absolute atomic E-state index is 12.7. The average molecular weight is 437 g/mol. The Morgan fingerprint density at radius 1 is 1.10 bits per heavy atom. The Labute approximate surface area is 175 Å². The Balaban J connectivity index is 1.84. The third-order valence-corrected chi connectivity index (χ3v) is 6.96. The smallest absolute Gasteiger partial charge is 0.245 e. The molecule has 29 heavy (non-hydrogen) atoms. The lowest BCUT2D eigenvalue weighted by atomic mass is 10.2. The molecule has 0 aromatic heterocycles. The first-order chi connectivity index (χ1) is 13.9. The normalized spacial score (nSPS) is 13.0. The Hall–Kier alpha value is -2.39.